The van der Waals surface area contributed by atoms with Crippen molar-refractivity contribution in [3.8, 4) is 11.5 Å². The van der Waals surface area contributed by atoms with Crippen LogP contribution in [0.5, 0.6) is 11.5 Å². The highest BCUT2D eigenvalue weighted by Gasteiger charge is 2.14. The molecule has 0 bridgehead atoms. The van der Waals surface area contributed by atoms with Crippen molar-refractivity contribution in [1.29, 1.82) is 0 Å². The number of thioether (sulfide) groups is 1. The number of nitrogens with one attached hydrogen (secondary N) is 2. The Morgan fingerprint density at radius 3 is 2.94 bits per heavy atom. The van der Waals surface area contributed by atoms with Gasteiger partial charge < -0.3 is 15.6 Å². The Morgan fingerprint density at radius 2 is 2.33 bits per heavy atom. The maximum absolute atomic E-state index is 11.8. The van der Waals surface area contributed by atoms with Crippen molar-refractivity contribution in [3.63, 3.8) is 0 Å². The van der Waals surface area contributed by atoms with Crippen LogP contribution < -0.4 is 21.3 Å². The van der Waals surface area contributed by atoms with E-state index in [2.05, 4.69) is 10.9 Å². The Labute approximate surface area is 110 Å². The molecule has 1 aromatic rings. The van der Waals surface area contributed by atoms with Crippen molar-refractivity contribution in [2.45, 2.75) is 12.4 Å². The topological polar surface area (TPSA) is 96.6 Å². The molecule has 0 fully saturated rings. The zero-order valence-electron chi connectivity index (χ0n) is 10.3. The molecule has 0 saturated carbocycles. The van der Waals surface area contributed by atoms with Crippen LogP contribution in [0.15, 0.2) is 18.2 Å². The fourth-order valence-electron chi connectivity index (χ4n) is 1.30. The Balaban J connectivity index is 2.67. The van der Waals surface area contributed by atoms with Crippen molar-refractivity contribution in [1.82, 2.24) is 10.9 Å². The summed E-state index contributed by atoms with van der Waals surface area (Å²) in [5, 5.41) is 9.78. The number of hydrogen-bond acceptors (Lipinski definition) is 6. The molecule has 0 heterocycles. The van der Waals surface area contributed by atoms with Gasteiger partial charge in [-0.3, -0.25) is 10.2 Å². The number of aromatic hydroxyl groups is 1. The summed E-state index contributed by atoms with van der Waals surface area (Å²) < 4.78 is 4.92. The Bertz CT molecular complexity index is 415. The number of ether oxygens (including phenoxy) is 1. The normalized spacial score (nSPS) is 11.9. The summed E-state index contributed by atoms with van der Waals surface area (Å²) in [6.07, 6.45) is 0. The molecule has 5 N–H and O–H groups in total. The summed E-state index contributed by atoms with van der Waals surface area (Å²) in [6.45, 7) is 1.96. The first-order chi connectivity index (χ1) is 8.60. The number of carbonyl (C=O) groups excluding carboxylic acids is 1. The third kappa shape index (κ3) is 3.80. The molecule has 0 radical (unpaired) electrons. The molecule has 0 aliphatic heterocycles. The maximum atomic E-state index is 11.8. The van der Waals surface area contributed by atoms with E-state index in [4.69, 9.17) is 10.5 Å². The number of hydrogen-bond donors (Lipinski definition) is 4. The second kappa shape index (κ2) is 7.10. The van der Waals surface area contributed by atoms with Gasteiger partial charge in [0.15, 0.2) is 11.5 Å². The lowest BCUT2D eigenvalue weighted by Crippen LogP contribution is -2.47. The smallest absolute Gasteiger partial charge is 0.269 e. The molecule has 1 amide bonds. The van der Waals surface area contributed by atoms with E-state index in [1.54, 1.807) is 12.1 Å². The summed E-state index contributed by atoms with van der Waals surface area (Å²) in [6, 6.07) is 4.68. The van der Waals surface area contributed by atoms with Crippen molar-refractivity contribution >= 4 is 17.7 Å². The van der Waals surface area contributed by atoms with Gasteiger partial charge in [0.1, 0.15) is 5.50 Å². The number of phenolic OH excluding ortho intramolecular Hbond substituents is 1. The minimum absolute atomic E-state index is 0.121. The van der Waals surface area contributed by atoms with Gasteiger partial charge in [0.05, 0.1) is 12.7 Å². The number of benzene rings is 1. The Hall–Kier alpha value is -1.44. The lowest BCUT2D eigenvalue weighted by Gasteiger charge is -2.14. The molecule has 0 aromatic heterocycles. The molecule has 1 aromatic carbocycles. The quantitative estimate of drug-likeness (QED) is 0.448. The molecule has 0 spiro atoms. The number of hydrazine groups is 1. The van der Waals surface area contributed by atoms with Gasteiger partial charge in [-0.05, 0) is 17.9 Å². The zero-order chi connectivity index (χ0) is 13.5. The molecule has 18 heavy (non-hydrogen) atoms. The van der Waals surface area contributed by atoms with Gasteiger partial charge in [0.25, 0.3) is 5.91 Å². The molecular formula is C11H17N3O3S. The number of rotatable bonds is 6. The molecule has 0 aliphatic rings. The fourth-order valence-corrected chi connectivity index (χ4v) is 1.80. The van der Waals surface area contributed by atoms with Gasteiger partial charge in [-0.25, -0.2) is 5.43 Å². The number of amides is 1. The van der Waals surface area contributed by atoms with Gasteiger partial charge >= 0.3 is 0 Å². The SMILES string of the molecule is CCSC(N)NNC(=O)c1cccc(OC)c1O. The summed E-state index contributed by atoms with van der Waals surface area (Å²) in [5.41, 5.74) is 10.4. The van der Waals surface area contributed by atoms with E-state index in [1.165, 1.54) is 24.9 Å². The average molecular weight is 271 g/mol. The average Bonchev–Trinajstić information content (AvgIpc) is 2.36. The van der Waals surface area contributed by atoms with E-state index in [1.807, 2.05) is 6.92 Å². The number of carbonyl (C=O) groups is 1. The highest BCUT2D eigenvalue weighted by molar-refractivity contribution is 7.99. The van der Waals surface area contributed by atoms with Crippen molar-refractivity contribution in [2.75, 3.05) is 12.9 Å². The number of phenols is 1. The van der Waals surface area contributed by atoms with Gasteiger partial charge in [-0.2, -0.15) is 0 Å². The van der Waals surface area contributed by atoms with Gasteiger partial charge in [-0.1, -0.05) is 13.0 Å². The van der Waals surface area contributed by atoms with Crippen LogP contribution in [-0.2, 0) is 0 Å². The number of nitrogens with two attached hydrogens (primary N) is 1. The monoisotopic (exact) mass is 271 g/mol. The van der Waals surface area contributed by atoms with E-state index in [-0.39, 0.29) is 17.1 Å². The molecule has 1 unspecified atom stereocenters. The molecule has 7 heteroatoms. The Morgan fingerprint density at radius 1 is 1.61 bits per heavy atom. The van der Waals surface area contributed by atoms with Crippen LogP contribution in [-0.4, -0.2) is 29.4 Å². The molecule has 100 valence electrons. The van der Waals surface area contributed by atoms with Crippen LogP contribution in [0, 0.1) is 0 Å². The molecule has 6 nitrogen and oxygen atoms in total. The first-order valence-electron chi connectivity index (χ1n) is 5.39. The van der Waals surface area contributed by atoms with E-state index >= 15 is 0 Å². The second-order valence-corrected chi connectivity index (χ2v) is 4.75. The highest BCUT2D eigenvalue weighted by Crippen LogP contribution is 2.28. The predicted molar refractivity (Wildman–Crippen MR) is 71.4 cm³/mol. The number of para-hydroxylation sites is 1. The second-order valence-electron chi connectivity index (χ2n) is 3.33. The summed E-state index contributed by atoms with van der Waals surface area (Å²) in [4.78, 5) is 11.8. The first kappa shape index (κ1) is 14.6. The fraction of sp³-hybridized carbons (Fsp3) is 0.364. The van der Waals surface area contributed by atoms with Crippen LogP contribution >= 0.6 is 11.8 Å². The number of methoxy groups -OCH3 is 1. The molecule has 1 rings (SSSR count). The third-order valence-corrected chi connectivity index (χ3v) is 2.95. The molecule has 0 saturated heterocycles. The summed E-state index contributed by atoms with van der Waals surface area (Å²) in [7, 11) is 1.42. The minimum atomic E-state index is -0.474. The van der Waals surface area contributed by atoms with E-state index < -0.39 is 11.4 Å². The standard InChI is InChI=1S/C11H17N3O3S/c1-3-18-11(12)14-13-10(16)7-5-4-6-8(17-2)9(7)15/h4-6,11,14-15H,3,12H2,1-2H3,(H,13,16). The van der Waals surface area contributed by atoms with E-state index in [9.17, 15) is 9.90 Å². The maximum Gasteiger partial charge on any atom is 0.269 e. The largest absolute Gasteiger partial charge is 0.504 e. The van der Waals surface area contributed by atoms with Crippen LogP contribution in [0.25, 0.3) is 0 Å². The predicted octanol–water partition coefficient (Wildman–Crippen LogP) is 0.631. The van der Waals surface area contributed by atoms with Gasteiger partial charge in [-0.15, -0.1) is 11.8 Å². The summed E-state index contributed by atoms with van der Waals surface area (Å²) >= 11 is 1.45. The third-order valence-electron chi connectivity index (χ3n) is 2.14. The van der Waals surface area contributed by atoms with Crippen LogP contribution in [0.2, 0.25) is 0 Å². The van der Waals surface area contributed by atoms with Crippen molar-refractivity contribution < 1.29 is 14.6 Å². The van der Waals surface area contributed by atoms with E-state index in [0.717, 1.165) is 5.75 Å². The zero-order valence-corrected chi connectivity index (χ0v) is 11.1. The highest BCUT2D eigenvalue weighted by atomic mass is 32.2. The van der Waals surface area contributed by atoms with Gasteiger partial charge in [0.2, 0.25) is 0 Å². The summed E-state index contributed by atoms with van der Waals surface area (Å²) in [5.74, 6) is 0.401. The lowest BCUT2D eigenvalue weighted by molar-refractivity contribution is 0.0928. The van der Waals surface area contributed by atoms with E-state index in [0.29, 0.717) is 0 Å². The van der Waals surface area contributed by atoms with Crippen LogP contribution in [0.3, 0.4) is 0 Å². The lowest BCUT2D eigenvalue weighted by atomic mass is 10.2. The van der Waals surface area contributed by atoms with Crippen LogP contribution in [0.4, 0.5) is 0 Å². The van der Waals surface area contributed by atoms with Crippen LogP contribution in [0.1, 0.15) is 17.3 Å². The van der Waals surface area contributed by atoms with Gasteiger partial charge in [0, 0.05) is 0 Å². The first-order valence-corrected chi connectivity index (χ1v) is 6.44. The molecule has 1 atom stereocenters. The van der Waals surface area contributed by atoms with Crippen molar-refractivity contribution in [3.05, 3.63) is 23.8 Å². The molecule has 0 aliphatic carbocycles. The molecular weight excluding hydrogens is 254 g/mol. The minimum Gasteiger partial charge on any atom is -0.504 e. The Kier molecular flexibility index (Phi) is 5.76. The van der Waals surface area contributed by atoms with Crippen molar-refractivity contribution in [2.24, 2.45) is 5.73 Å².